The third kappa shape index (κ3) is 7.95. The highest BCUT2D eigenvalue weighted by Crippen LogP contribution is 2.48. The Hall–Kier alpha value is -9.00. The maximum Gasteiger partial charge on any atom is 0.209 e. The average Bonchev–Trinajstić information content (AvgIpc) is 4.21. The molecule has 0 radical (unpaired) electrons. The SMILES string of the molecule is CN1/C(=C/C=C/C2=[N+](C)c3ccccc3C2(Cc2ccccc2)Cc2ccc(CC3(Cc4ccccc4)C(/C=C/C=C4\Oc5ccc6ccccc6c5N4C)=[N+](C)c4ccccc43)cc2)Oc2ccc3ccccc3c21. The van der Waals surface area contributed by atoms with E-state index in [1.54, 1.807) is 0 Å². The number of allylic oxidation sites excluding steroid dienone is 6. The highest BCUT2D eigenvalue weighted by molar-refractivity contribution is 6.06. The molecule has 0 aromatic heterocycles. The van der Waals surface area contributed by atoms with Gasteiger partial charge in [-0.15, -0.1) is 0 Å². The van der Waals surface area contributed by atoms with Crippen molar-refractivity contribution in [2.45, 2.75) is 36.5 Å². The molecular formula is C70H60N4O2+2. The van der Waals surface area contributed by atoms with Gasteiger partial charge in [0.15, 0.2) is 34.7 Å². The van der Waals surface area contributed by atoms with Crippen molar-refractivity contribution in [3.8, 4) is 11.5 Å². The topological polar surface area (TPSA) is 31.0 Å². The minimum atomic E-state index is -0.363. The third-order valence-corrected chi connectivity index (χ3v) is 16.5. The molecule has 76 heavy (non-hydrogen) atoms. The first-order valence-corrected chi connectivity index (χ1v) is 26.5. The van der Waals surface area contributed by atoms with Crippen molar-refractivity contribution in [1.82, 2.24) is 0 Å². The van der Waals surface area contributed by atoms with E-state index in [2.05, 4.69) is 290 Å². The summed E-state index contributed by atoms with van der Waals surface area (Å²) in [6.45, 7) is 0. The van der Waals surface area contributed by atoms with E-state index >= 15 is 0 Å². The molecule has 4 aliphatic rings. The second-order valence-corrected chi connectivity index (χ2v) is 20.9. The zero-order valence-electron chi connectivity index (χ0n) is 43.5. The lowest BCUT2D eigenvalue weighted by Gasteiger charge is -2.29. The molecule has 0 saturated carbocycles. The van der Waals surface area contributed by atoms with Crippen LogP contribution < -0.4 is 19.3 Å². The van der Waals surface area contributed by atoms with Gasteiger partial charge in [-0.2, -0.15) is 9.15 Å². The molecule has 2 atom stereocenters. The minimum absolute atomic E-state index is 0.363. The predicted molar refractivity (Wildman–Crippen MR) is 312 cm³/mol. The fourth-order valence-corrected chi connectivity index (χ4v) is 12.9. The van der Waals surface area contributed by atoms with E-state index in [0.717, 1.165) is 60.3 Å². The lowest BCUT2D eigenvalue weighted by atomic mass is 9.68. The van der Waals surface area contributed by atoms with Gasteiger partial charge in [-0.3, -0.25) is 0 Å². The number of ether oxygens (including phenoxy) is 2. The van der Waals surface area contributed by atoms with Crippen molar-refractivity contribution in [3.63, 3.8) is 0 Å². The summed E-state index contributed by atoms with van der Waals surface area (Å²) >= 11 is 0. The Bertz CT molecular complexity index is 3680. The van der Waals surface area contributed by atoms with Gasteiger partial charge in [0.25, 0.3) is 0 Å². The molecule has 9 aromatic carbocycles. The molecule has 0 aliphatic carbocycles. The van der Waals surface area contributed by atoms with Crippen molar-refractivity contribution in [2.75, 3.05) is 38.0 Å². The van der Waals surface area contributed by atoms with Gasteiger partial charge in [0.05, 0.1) is 22.2 Å². The van der Waals surface area contributed by atoms with Crippen molar-refractivity contribution >= 4 is 55.7 Å². The number of fused-ring (bicyclic) bond motifs is 8. The van der Waals surface area contributed by atoms with Gasteiger partial charge < -0.3 is 19.3 Å². The van der Waals surface area contributed by atoms with Gasteiger partial charge in [-0.25, -0.2) is 0 Å². The van der Waals surface area contributed by atoms with Crippen LogP contribution in [0.15, 0.2) is 254 Å². The van der Waals surface area contributed by atoms with Crippen LogP contribution in [0, 0.1) is 0 Å². The average molecular weight is 989 g/mol. The van der Waals surface area contributed by atoms with Crippen LogP contribution in [0.4, 0.5) is 22.7 Å². The quantitative estimate of drug-likeness (QED) is 0.114. The number of nitrogens with zero attached hydrogens (tertiary/aromatic N) is 4. The van der Waals surface area contributed by atoms with E-state index in [4.69, 9.17) is 9.47 Å². The predicted octanol–water partition coefficient (Wildman–Crippen LogP) is 14.7. The molecule has 0 spiro atoms. The van der Waals surface area contributed by atoms with Crippen LogP contribution in [-0.4, -0.2) is 48.8 Å². The number of hydrogen-bond donors (Lipinski definition) is 0. The highest BCUT2D eigenvalue weighted by atomic mass is 16.5. The summed E-state index contributed by atoms with van der Waals surface area (Å²) < 4.78 is 17.8. The smallest absolute Gasteiger partial charge is 0.209 e. The first-order valence-electron chi connectivity index (χ1n) is 26.5. The summed E-state index contributed by atoms with van der Waals surface area (Å²) in [4.78, 5) is 4.34. The fraction of sp³-hybridized carbons (Fsp3) is 0.143. The summed E-state index contributed by atoms with van der Waals surface area (Å²) in [5.41, 5.74) is 14.3. The molecule has 2 unspecified atom stereocenters. The lowest BCUT2D eigenvalue weighted by Crippen LogP contribution is -2.39. The Morgan fingerprint density at radius 2 is 0.750 bits per heavy atom. The Labute approximate surface area is 446 Å². The molecular weight excluding hydrogens is 929 g/mol. The molecule has 0 bridgehead atoms. The lowest BCUT2D eigenvalue weighted by molar-refractivity contribution is -0.401. The largest absolute Gasteiger partial charge is 0.439 e. The highest BCUT2D eigenvalue weighted by Gasteiger charge is 2.52. The van der Waals surface area contributed by atoms with Gasteiger partial charge in [0.1, 0.15) is 14.1 Å². The standard InChI is InChI=1S/C70H60N4O2/c1-71-59-31-17-15-29-57(59)69(45-49-21-7-5-8-22-49,63(71)33-19-35-65-73(3)67-55-27-13-11-25-53(55)41-43-61(67)75-65)47-51-37-39-52(40-38-51)48-70(46-50-23-9-6-10-24-50)58-30-16-18-32-60(58)72(2)64(70)34-20-36-66-74(4)68-56-28-14-12-26-54(56)42-44-62(68)76-66/h5-44H,45-48H2,1-4H3/q+2. The van der Waals surface area contributed by atoms with Gasteiger partial charge >= 0.3 is 0 Å². The monoisotopic (exact) mass is 988 g/mol. The number of anilines is 2. The van der Waals surface area contributed by atoms with E-state index in [1.165, 1.54) is 77.7 Å². The summed E-state index contributed by atoms with van der Waals surface area (Å²) in [5, 5.41) is 4.76. The van der Waals surface area contributed by atoms with Gasteiger partial charge in [0, 0.05) is 60.3 Å². The van der Waals surface area contributed by atoms with Crippen LogP contribution in [0.2, 0.25) is 0 Å². The molecule has 4 aliphatic heterocycles. The molecule has 0 N–H and O–H groups in total. The molecule has 370 valence electrons. The van der Waals surface area contributed by atoms with E-state index in [0.29, 0.717) is 0 Å². The van der Waals surface area contributed by atoms with E-state index in [1.807, 2.05) is 0 Å². The molecule has 0 fully saturated rings. The van der Waals surface area contributed by atoms with Gasteiger partial charge in [0.2, 0.25) is 11.4 Å². The second-order valence-electron chi connectivity index (χ2n) is 20.9. The van der Waals surface area contributed by atoms with Crippen LogP contribution in [0.5, 0.6) is 11.5 Å². The molecule has 6 heteroatoms. The van der Waals surface area contributed by atoms with Crippen molar-refractivity contribution in [3.05, 3.63) is 288 Å². The zero-order chi connectivity index (χ0) is 51.4. The fourth-order valence-electron chi connectivity index (χ4n) is 12.9. The first kappa shape index (κ1) is 46.8. The molecule has 6 nitrogen and oxygen atoms in total. The Morgan fingerprint density at radius 3 is 1.17 bits per heavy atom. The van der Waals surface area contributed by atoms with E-state index in [9.17, 15) is 0 Å². The van der Waals surface area contributed by atoms with Crippen molar-refractivity contribution in [1.29, 1.82) is 0 Å². The Kier molecular flexibility index (Phi) is 11.7. The summed E-state index contributed by atoms with van der Waals surface area (Å²) in [6, 6.07) is 75.0. The second kappa shape index (κ2) is 19.0. The minimum Gasteiger partial charge on any atom is -0.439 e. The molecule has 4 heterocycles. The summed E-state index contributed by atoms with van der Waals surface area (Å²) in [5.74, 6) is 3.36. The van der Waals surface area contributed by atoms with Crippen LogP contribution in [0.3, 0.4) is 0 Å². The van der Waals surface area contributed by atoms with E-state index < -0.39 is 0 Å². The molecule has 13 rings (SSSR count). The van der Waals surface area contributed by atoms with E-state index in [-0.39, 0.29) is 10.8 Å². The number of benzene rings is 9. The van der Waals surface area contributed by atoms with Crippen LogP contribution in [0.25, 0.3) is 21.5 Å². The summed E-state index contributed by atoms with van der Waals surface area (Å²) in [7, 11) is 8.64. The van der Waals surface area contributed by atoms with Crippen LogP contribution >= 0.6 is 0 Å². The normalized spacial score (nSPS) is 19.6. The maximum atomic E-state index is 6.52. The van der Waals surface area contributed by atoms with Crippen molar-refractivity contribution < 1.29 is 18.6 Å². The molecule has 0 amide bonds. The Balaban J connectivity index is 0.851. The van der Waals surface area contributed by atoms with Crippen LogP contribution in [-0.2, 0) is 36.5 Å². The Morgan fingerprint density at radius 1 is 0.395 bits per heavy atom. The van der Waals surface area contributed by atoms with Gasteiger partial charge in [-0.1, -0.05) is 194 Å². The maximum absolute atomic E-state index is 6.52. The van der Waals surface area contributed by atoms with Crippen molar-refractivity contribution in [2.24, 2.45) is 0 Å². The number of rotatable bonds is 12. The summed E-state index contributed by atoms with van der Waals surface area (Å²) in [6.07, 6.45) is 16.6. The zero-order valence-corrected chi connectivity index (χ0v) is 43.5. The van der Waals surface area contributed by atoms with Gasteiger partial charge in [-0.05, 0) is 83.0 Å². The third-order valence-electron chi connectivity index (χ3n) is 16.5. The van der Waals surface area contributed by atoms with Crippen LogP contribution in [0.1, 0.15) is 33.4 Å². The number of para-hydroxylation sites is 2. The number of hydrogen-bond acceptors (Lipinski definition) is 4. The molecule has 0 saturated heterocycles. The first-order chi connectivity index (χ1) is 37.3. The molecule has 9 aromatic rings.